The second-order valence-corrected chi connectivity index (χ2v) is 5.33. The third-order valence-electron chi connectivity index (χ3n) is 2.89. The van der Waals surface area contributed by atoms with Crippen LogP contribution >= 0.6 is 11.5 Å². The van der Waals surface area contributed by atoms with Crippen molar-refractivity contribution < 1.29 is 13.2 Å². The van der Waals surface area contributed by atoms with Gasteiger partial charge >= 0.3 is 0 Å². The van der Waals surface area contributed by atoms with Crippen LogP contribution in [0.1, 0.15) is 41.9 Å². The zero-order valence-electron chi connectivity index (χ0n) is 10.8. The summed E-state index contributed by atoms with van der Waals surface area (Å²) in [4.78, 5) is 0.576. The van der Waals surface area contributed by atoms with Crippen LogP contribution in [0.25, 0.3) is 0 Å². The molecule has 0 radical (unpaired) electrons. The van der Waals surface area contributed by atoms with E-state index in [0.29, 0.717) is 10.6 Å². The first kappa shape index (κ1) is 14.9. The number of nitrogens with two attached hydrogens (primary N) is 1. The number of benzene rings is 1. The van der Waals surface area contributed by atoms with E-state index in [1.807, 2.05) is 13.8 Å². The van der Waals surface area contributed by atoms with Crippen molar-refractivity contribution >= 4 is 11.5 Å². The van der Waals surface area contributed by atoms with E-state index in [-0.39, 0.29) is 11.5 Å². The van der Waals surface area contributed by atoms with E-state index in [9.17, 15) is 13.2 Å². The molecule has 0 aliphatic carbocycles. The van der Waals surface area contributed by atoms with E-state index in [0.717, 1.165) is 23.7 Å². The molecule has 2 aromatic rings. The highest BCUT2D eigenvalue weighted by molar-refractivity contribution is 7.05. The normalized spacial score (nSPS) is 12.9. The molecule has 0 saturated heterocycles. The van der Waals surface area contributed by atoms with Crippen molar-refractivity contribution in [3.63, 3.8) is 0 Å². The van der Waals surface area contributed by atoms with Crippen LogP contribution in [0.2, 0.25) is 0 Å². The van der Waals surface area contributed by atoms with E-state index >= 15 is 0 Å². The van der Waals surface area contributed by atoms with Gasteiger partial charge in [-0.1, -0.05) is 24.4 Å². The van der Waals surface area contributed by atoms with Crippen LogP contribution in [0, 0.1) is 17.5 Å². The number of nitrogens with one attached hydrogen (secondary N) is 1. The molecule has 1 aromatic heterocycles. The smallest absolute Gasteiger partial charge is 0.194 e. The molecule has 20 heavy (non-hydrogen) atoms. The second kappa shape index (κ2) is 5.86. The zero-order valence-corrected chi connectivity index (χ0v) is 11.6. The Labute approximate surface area is 117 Å². The fraction of sp³-hybridized carbons (Fsp3) is 0.333. The maximum atomic E-state index is 13.9. The number of hydrazine groups is 1. The molecule has 1 heterocycles. The monoisotopic (exact) mass is 302 g/mol. The van der Waals surface area contributed by atoms with Crippen molar-refractivity contribution in [3.05, 3.63) is 45.7 Å². The van der Waals surface area contributed by atoms with Crippen molar-refractivity contribution in [2.45, 2.75) is 25.8 Å². The van der Waals surface area contributed by atoms with Gasteiger partial charge in [0.2, 0.25) is 0 Å². The average Bonchev–Trinajstić information content (AvgIpc) is 2.89. The largest absolute Gasteiger partial charge is 0.271 e. The van der Waals surface area contributed by atoms with Crippen molar-refractivity contribution in [3.8, 4) is 0 Å². The van der Waals surface area contributed by atoms with E-state index < -0.39 is 23.5 Å². The molecule has 1 atom stereocenters. The maximum absolute atomic E-state index is 13.9. The molecule has 0 fully saturated rings. The lowest BCUT2D eigenvalue weighted by molar-refractivity contribution is 0.433. The lowest BCUT2D eigenvalue weighted by Gasteiger charge is -2.17. The molecule has 0 aliphatic rings. The molecular formula is C12H13F3N4S. The van der Waals surface area contributed by atoms with Crippen LogP contribution < -0.4 is 11.3 Å². The first-order valence-electron chi connectivity index (χ1n) is 5.89. The van der Waals surface area contributed by atoms with Gasteiger partial charge in [0.1, 0.15) is 0 Å². The Morgan fingerprint density at radius 1 is 1.20 bits per heavy atom. The van der Waals surface area contributed by atoms with Gasteiger partial charge in [0.05, 0.1) is 16.6 Å². The van der Waals surface area contributed by atoms with Gasteiger partial charge in [0.25, 0.3) is 0 Å². The third kappa shape index (κ3) is 2.54. The Hall–Kier alpha value is -1.51. The van der Waals surface area contributed by atoms with Gasteiger partial charge in [0.15, 0.2) is 17.5 Å². The van der Waals surface area contributed by atoms with Gasteiger partial charge in [-0.05, 0) is 23.5 Å². The molecule has 1 aromatic carbocycles. The molecule has 0 spiro atoms. The summed E-state index contributed by atoms with van der Waals surface area (Å²) in [6, 6.07) is 1.19. The summed E-state index contributed by atoms with van der Waals surface area (Å²) in [7, 11) is 0. The van der Waals surface area contributed by atoms with Crippen LogP contribution in [0.15, 0.2) is 12.1 Å². The molecule has 8 heteroatoms. The van der Waals surface area contributed by atoms with Crippen molar-refractivity contribution in [1.82, 2.24) is 15.0 Å². The fourth-order valence-electron chi connectivity index (χ4n) is 1.88. The van der Waals surface area contributed by atoms with Crippen molar-refractivity contribution in [2.75, 3.05) is 0 Å². The minimum absolute atomic E-state index is 0.0490. The highest BCUT2D eigenvalue weighted by atomic mass is 32.1. The van der Waals surface area contributed by atoms with Crippen LogP contribution in [0.5, 0.6) is 0 Å². The standard InChI is InChI=1S/C12H13F3N4S/c1-5(2)10-12(20-19-18-10)11(17-16)6-3-4-7(13)9(15)8(6)14/h3-5,11,17H,16H2,1-2H3. The molecule has 0 bridgehead atoms. The summed E-state index contributed by atoms with van der Waals surface area (Å²) < 4.78 is 44.0. The molecule has 0 saturated carbocycles. The number of halogens is 3. The van der Waals surface area contributed by atoms with Crippen LogP contribution in [0.3, 0.4) is 0 Å². The minimum atomic E-state index is -1.52. The van der Waals surface area contributed by atoms with Gasteiger partial charge in [0, 0.05) is 5.56 Å². The lowest BCUT2D eigenvalue weighted by Crippen LogP contribution is -2.30. The predicted octanol–water partition coefficient (Wildman–Crippen LogP) is 2.63. The molecule has 1 unspecified atom stereocenters. The van der Waals surface area contributed by atoms with E-state index in [1.54, 1.807) is 0 Å². The fourth-order valence-corrected chi connectivity index (χ4v) is 2.76. The van der Waals surface area contributed by atoms with Gasteiger partial charge in [-0.3, -0.25) is 5.84 Å². The quantitative estimate of drug-likeness (QED) is 0.518. The maximum Gasteiger partial charge on any atom is 0.194 e. The van der Waals surface area contributed by atoms with Gasteiger partial charge in [-0.15, -0.1) is 5.10 Å². The summed E-state index contributed by atoms with van der Waals surface area (Å²) >= 11 is 1.04. The van der Waals surface area contributed by atoms with Gasteiger partial charge < -0.3 is 0 Å². The number of aromatic nitrogens is 2. The summed E-state index contributed by atoms with van der Waals surface area (Å²) in [5, 5.41) is 3.96. The van der Waals surface area contributed by atoms with Crippen LogP contribution in [0.4, 0.5) is 13.2 Å². The molecule has 4 nitrogen and oxygen atoms in total. The summed E-state index contributed by atoms with van der Waals surface area (Å²) in [5.74, 6) is 1.46. The molecule has 3 N–H and O–H groups in total. The summed E-state index contributed by atoms with van der Waals surface area (Å²) in [5.41, 5.74) is 2.96. The Morgan fingerprint density at radius 3 is 2.50 bits per heavy atom. The number of nitrogens with zero attached hydrogens (tertiary/aromatic N) is 2. The van der Waals surface area contributed by atoms with Crippen LogP contribution in [-0.2, 0) is 0 Å². The summed E-state index contributed by atoms with van der Waals surface area (Å²) in [6.45, 7) is 3.80. The van der Waals surface area contributed by atoms with E-state index in [2.05, 4.69) is 15.0 Å². The highest BCUT2D eigenvalue weighted by Gasteiger charge is 2.26. The predicted molar refractivity (Wildman–Crippen MR) is 69.5 cm³/mol. The third-order valence-corrected chi connectivity index (χ3v) is 3.70. The average molecular weight is 302 g/mol. The lowest BCUT2D eigenvalue weighted by atomic mass is 10.00. The molecular weight excluding hydrogens is 289 g/mol. The Bertz CT molecular complexity index is 615. The SMILES string of the molecule is CC(C)c1nnsc1C(NN)c1ccc(F)c(F)c1F. The van der Waals surface area contributed by atoms with E-state index in [4.69, 9.17) is 5.84 Å². The minimum Gasteiger partial charge on any atom is -0.271 e. The highest BCUT2D eigenvalue weighted by Crippen LogP contribution is 2.32. The Morgan fingerprint density at radius 2 is 1.90 bits per heavy atom. The Balaban J connectivity index is 2.53. The number of hydrogen-bond acceptors (Lipinski definition) is 5. The van der Waals surface area contributed by atoms with Gasteiger partial charge in [-0.2, -0.15) is 0 Å². The summed E-state index contributed by atoms with van der Waals surface area (Å²) in [6.07, 6.45) is 0. The van der Waals surface area contributed by atoms with Crippen LogP contribution in [-0.4, -0.2) is 9.59 Å². The van der Waals surface area contributed by atoms with Crippen molar-refractivity contribution in [2.24, 2.45) is 5.84 Å². The topological polar surface area (TPSA) is 63.8 Å². The zero-order chi connectivity index (χ0) is 14.9. The first-order chi connectivity index (χ1) is 9.47. The van der Waals surface area contributed by atoms with E-state index in [1.165, 1.54) is 0 Å². The molecule has 2 rings (SSSR count). The van der Waals surface area contributed by atoms with Crippen molar-refractivity contribution in [1.29, 1.82) is 0 Å². The molecule has 0 amide bonds. The number of rotatable bonds is 4. The number of hydrogen-bond donors (Lipinski definition) is 2. The van der Waals surface area contributed by atoms with Gasteiger partial charge in [-0.25, -0.2) is 18.6 Å². The first-order valence-corrected chi connectivity index (χ1v) is 6.66. The molecule has 0 aliphatic heterocycles. The second-order valence-electron chi connectivity index (χ2n) is 4.54. The Kier molecular flexibility index (Phi) is 4.36. The molecule has 108 valence electrons.